The van der Waals surface area contributed by atoms with E-state index in [0.29, 0.717) is 5.41 Å². The number of hydrogen-bond donors (Lipinski definition) is 0. The van der Waals surface area contributed by atoms with Gasteiger partial charge in [0.25, 0.3) is 0 Å². The van der Waals surface area contributed by atoms with Gasteiger partial charge in [0, 0.05) is 0 Å². The van der Waals surface area contributed by atoms with Gasteiger partial charge in [-0.25, -0.2) is 0 Å². The predicted octanol–water partition coefficient (Wildman–Crippen LogP) is 4.10. The lowest BCUT2D eigenvalue weighted by atomic mass is 9.61. The summed E-state index contributed by atoms with van der Waals surface area (Å²) < 4.78 is 0. The molecule has 2 rings (SSSR count). The molecule has 0 saturated heterocycles. The van der Waals surface area contributed by atoms with Gasteiger partial charge in [-0.05, 0) is 48.3 Å². The Balaban J connectivity index is 2.22. The van der Waals surface area contributed by atoms with Crippen molar-refractivity contribution in [1.29, 1.82) is 0 Å². The Morgan fingerprint density at radius 3 is 2.54 bits per heavy atom. The van der Waals surface area contributed by atoms with Gasteiger partial charge in [0.15, 0.2) is 0 Å². The molecular weight excluding hydrogens is 156 g/mol. The Bertz CT molecular complexity index is 192. The van der Waals surface area contributed by atoms with Crippen LogP contribution in [0.15, 0.2) is 0 Å². The number of fused-ring (bicyclic) bond motifs is 2. The van der Waals surface area contributed by atoms with Crippen LogP contribution < -0.4 is 0 Å². The van der Waals surface area contributed by atoms with Crippen LogP contribution in [0.3, 0.4) is 0 Å². The maximum absolute atomic E-state index is 2.57. The molecule has 0 spiro atoms. The van der Waals surface area contributed by atoms with E-state index in [4.69, 9.17) is 0 Å². The van der Waals surface area contributed by atoms with Crippen LogP contribution in [0, 0.1) is 29.1 Å². The summed E-state index contributed by atoms with van der Waals surface area (Å²) in [4.78, 5) is 0. The molecule has 0 heterocycles. The van der Waals surface area contributed by atoms with Crippen LogP contribution in [0.5, 0.6) is 0 Å². The van der Waals surface area contributed by atoms with Crippen molar-refractivity contribution >= 4 is 0 Å². The average molecular weight is 180 g/mol. The van der Waals surface area contributed by atoms with Crippen molar-refractivity contribution < 1.29 is 0 Å². The van der Waals surface area contributed by atoms with Crippen molar-refractivity contribution in [1.82, 2.24) is 0 Å². The first kappa shape index (κ1) is 9.55. The largest absolute Gasteiger partial charge is 0.0651 e. The van der Waals surface area contributed by atoms with E-state index in [1.807, 2.05) is 0 Å². The smallest absolute Gasteiger partial charge is 0.0244 e. The topological polar surface area (TPSA) is 0 Å². The van der Waals surface area contributed by atoms with Gasteiger partial charge < -0.3 is 0 Å². The molecule has 0 aromatic rings. The Labute approximate surface area is 83.1 Å². The van der Waals surface area contributed by atoms with Crippen LogP contribution in [0.4, 0.5) is 0 Å². The summed E-state index contributed by atoms with van der Waals surface area (Å²) in [6, 6.07) is 0. The van der Waals surface area contributed by atoms with Gasteiger partial charge in [0.05, 0.1) is 0 Å². The second kappa shape index (κ2) is 3.00. The fourth-order valence-electron chi connectivity index (χ4n) is 4.21. The zero-order valence-corrected chi connectivity index (χ0v) is 9.64. The molecule has 2 bridgehead atoms. The zero-order valence-electron chi connectivity index (χ0n) is 9.64. The molecule has 2 aliphatic carbocycles. The number of hydrogen-bond acceptors (Lipinski definition) is 0. The van der Waals surface area contributed by atoms with Crippen LogP contribution in [0.1, 0.15) is 53.4 Å². The molecule has 5 unspecified atom stereocenters. The minimum atomic E-state index is 0.678. The van der Waals surface area contributed by atoms with Crippen molar-refractivity contribution in [2.24, 2.45) is 29.1 Å². The molecule has 2 fully saturated rings. The van der Waals surface area contributed by atoms with E-state index in [1.54, 1.807) is 6.42 Å². The third kappa shape index (κ3) is 1.10. The normalized spacial score (nSPS) is 51.2. The third-order valence-corrected chi connectivity index (χ3v) is 5.72. The zero-order chi connectivity index (χ0) is 9.64. The Kier molecular flexibility index (Phi) is 2.20. The van der Waals surface area contributed by atoms with Crippen LogP contribution in [0.2, 0.25) is 0 Å². The second-order valence-corrected chi connectivity index (χ2v) is 5.73. The summed E-state index contributed by atoms with van der Waals surface area (Å²) in [6.07, 6.45) is 5.96. The second-order valence-electron chi connectivity index (χ2n) is 5.73. The quantitative estimate of drug-likeness (QED) is 0.600. The molecule has 0 amide bonds. The fourth-order valence-corrected chi connectivity index (χ4v) is 4.21. The highest BCUT2D eigenvalue weighted by Crippen LogP contribution is 2.62. The van der Waals surface area contributed by atoms with Crippen LogP contribution in [-0.4, -0.2) is 0 Å². The molecule has 0 heteroatoms. The van der Waals surface area contributed by atoms with E-state index in [1.165, 1.54) is 19.3 Å². The SMILES string of the molecule is CCC(C)C1(C)C2CCC(C2)C1C. The van der Waals surface area contributed by atoms with Gasteiger partial charge in [0.2, 0.25) is 0 Å². The van der Waals surface area contributed by atoms with Crippen LogP contribution in [-0.2, 0) is 0 Å². The van der Waals surface area contributed by atoms with Gasteiger partial charge in [0.1, 0.15) is 0 Å². The Morgan fingerprint density at radius 1 is 1.38 bits per heavy atom. The van der Waals surface area contributed by atoms with Crippen molar-refractivity contribution in [3.8, 4) is 0 Å². The van der Waals surface area contributed by atoms with Gasteiger partial charge in [-0.2, -0.15) is 0 Å². The van der Waals surface area contributed by atoms with E-state index in [9.17, 15) is 0 Å². The summed E-state index contributed by atoms with van der Waals surface area (Å²) >= 11 is 0. The molecule has 0 aromatic carbocycles. The summed E-state index contributed by atoms with van der Waals surface area (Å²) in [5.74, 6) is 4.05. The minimum Gasteiger partial charge on any atom is -0.0651 e. The highest BCUT2D eigenvalue weighted by atomic mass is 14.6. The highest BCUT2D eigenvalue weighted by molar-refractivity contribution is 5.03. The minimum absolute atomic E-state index is 0.678. The predicted molar refractivity (Wildman–Crippen MR) is 57.6 cm³/mol. The van der Waals surface area contributed by atoms with Crippen molar-refractivity contribution in [2.75, 3.05) is 0 Å². The number of rotatable bonds is 2. The first-order valence-corrected chi connectivity index (χ1v) is 6.10. The standard InChI is InChI=1S/C13H24/c1-5-9(2)13(4)10(3)11-6-7-12(13)8-11/h9-12H,5-8H2,1-4H3. The lowest BCUT2D eigenvalue weighted by Gasteiger charge is -2.44. The molecule has 13 heavy (non-hydrogen) atoms. The van der Waals surface area contributed by atoms with E-state index >= 15 is 0 Å². The molecule has 0 N–H and O–H groups in total. The first-order valence-electron chi connectivity index (χ1n) is 6.10. The maximum atomic E-state index is 2.57. The lowest BCUT2D eigenvalue weighted by Crippen LogP contribution is -2.37. The monoisotopic (exact) mass is 180 g/mol. The molecule has 0 radical (unpaired) electrons. The van der Waals surface area contributed by atoms with Gasteiger partial charge in [-0.15, -0.1) is 0 Å². The van der Waals surface area contributed by atoms with Crippen molar-refractivity contribution in [3.05, 3.63) is 0 Å². The molecule has 76 valence electrons. The summed E-state index contributed by atoms with van der Waals surface area (Å²) in [5, 5.41) is 0. The van der Waals surface area contributed by atoms with E-state index in [0.717, 1.165) is 23.7 Å². The molecule has 2 aliphatic rings. The fraction of sp³-hybridized carbons (Fsp3) is 1.00. The molecule has 0 nitrogen and oxygen atoms in total. The van der Waals surface area contributed by atoms with Crippen molar-refractivity contribution in [3.63, 3.8) is 0 Å². The Morgan fingerprint density at radius 2 is 2.08 bits per heavy atom. The van der Waals surface area contributed by atoms with Gasteiger partial charge in [-0.3, -0.25) is 0 Å². The molecule has 0 aliphatic heterocycles. The van der Waals surface area contributed by atoms with E-state index in [2.05, 4.69) is 27.7 Å². The maximum Gasteiger partial charge on any atom is -0.0244 e. The van der Waals surface area contributed by atoms with E-state index < -0.39 is 0 Å². The molecule has 0 aromatic heterocycles. The Hall–Kier alpha value is 0. The van der Waals surface area contributed by atoms with Crippen LogP contribution >= 0.6 is 0 Å². The third-order valence-electron chi connectivity index (χ3n) is 5.72. The molecule has 5 atom stereocenters. The summed E-state index contributed by atoms with van der Waals surface area (Å²) in [6.45, 7) is 9.90. The lowest BCUT2D eigenvalue weighted by molar-refractivity contribution is 0.0459. The highest BCUT2D eigenvalue weighted by Gasteiger charge is 2.54. The average Bonchev–Trinajstić information content (AvgIpc) is 2.69. The van der Waals surface area contributed by atoms with E-state index in [-0.39, 0.29) is 0 Å². The molecular formula is C13H24. The molecule has 2 saturated carbocycles. The van der Waals surface area contributed by atoms with Gasteiger partial charge >= 0.3 is 0 Å². The van der Waals surface area contributed by atoms with Crippen LogP contribution in [0.25, 0.3) is 0 Å². The van der Waals surface area contributed by atoms with Gasteiger partial charge in [-0.1, -0.05) is 34.1 Å². The summed E-state index contributed by atoms with van der Waals surface area (Å²) in [5.41, 5.74) is 0.678. The van der Waals surface area contributed by atoms with Crippen molar-refractivity contribution in [2.45, 2.75) is 53.4 Å². The summed E-state index contributed by atoms with van der Waals surface area (Å²) in [7, 11) is 0. The first-order chi connectivity index (χ1) is 6.10.